The average molecular weight is 670 g/mol. The molecular formula is C48H31NOS. The van der Waals surface area contributed by atoms with E-state index in [9.17, 15) is 0 Å². The summed E-state index contributed by atoms with van der Waals surface area (Å²) < 4.78 is 8.69. The third-order valence-electron chi connectivity index (χ3n) is 9.89. The first-order valence-corrected chi connectivity index (χ1v) is 18.1. The van der Waals surface area contributed by atoms with Gasteiger partial charge >= 0.3 is 0 Å². The van der Waals surface area contributed by atoms with E-state index in [0.717, 1.165) is 44.4 Å². The second-order valence-corrected chi connectivity index (χ2v) is 13.9. The lowest BCUT2D eigenvalue weighted by Gasteiger charge is -2.30. The van der Waals surface area contributed by atoms with E-state index in [-0.39, 0.29) is 0 Å². The van der Waals surface area contributed by atoms with Gasteiger partial charge in [-0.2, -0.15) is 0 Å². The number of fused-ring (bicyclic) bond motifs is 6. The van der Waals surface area contributed by atoms with Crippen LogP contribution in [-0.2, 0) is 0 Å². The van der Waals surface area contributed by atoms with Crippen molar-refractivity contribution in [3.63, 3.8) is 0 Å². The molecule has 240 valence electrons. The lowest BCUT2D eigenvalue weighted by Crippen LogP contribution is -2.12. The number of anilines is 3. The van der Waals surface area contributed by atoms with Crippen LogP contribution >= 0.6 is 11.3 Å². The largest absolute Gasteiger partial charge is 0.456 e. The average Bonchev–Trinajstić information content (AvgIpc) is 3.77. The molecule has 8 aromatic carbocycles. The monoisotopic (exact) mass is 669 g/mol. The molecule has 51 heavy (non-hydrogen) atoms. The molecule has 2 heterocycles. The molecule has 0 fully saturated rings. The first-order valence-electron chi connectivity index (χ1n) is 17.3. The van der Waals surface area contributed by atoms with Crippen LogP contribution < -0.4 is 4.90 Å². The van der Waals surface area contributed by atoms with Crippen molar-refractivity contribution in [2.24, 2.45) is 0 Å². The summed E-state index contributed by atoms with van der Waals surface area (Å²) in [6, 6.07) is 67.5. The van der Waals surface area contributed by atoms with Crippen LogP contribution in [-0.4, -0.2) is 0 Å². The van der Waals surface area contributed by atoms with Crippen molar-refractivity contribution >= 4 is 70.5 Å². The Hall–Kier alpha value is -6.42. The topological polar surface area (TPSA) is 16.4 Å². The molecule has 2 aromatic heterocycles. The number of furan rings is 1. The summed E-state index contributed by atoms with van der Waals surface area (Å²) in [4.78, 5) is 2.49. The maximum absolute atomic E-state index is 6.14. The third-order valence-corrected chi connectivity index (χ3v) is 11.1. The van der Waals surface area contributed by atoms with Gasteiger partial charge in [-0.3, -0.25) is 0 Å². The first-order chi connectivity index (χ1) is 25.3. The van der Waals surface area contributed by atoms with Crippen LogP contribution in [0.2, 0.25) is 0 Å². The zero-order valence-corrected chi connectivity index (χ0v) is 28.5. The Labute approximate surface area is 300 Å². The molecule has 0 atom stereocenters. The minimum atomic E-state index is 0.908. The SMILES string of the molecule is c1ccc(-c2ccccc2N(c2ccc(-c3ccc4oc5ccccc5c4c3)cc2)c2c(-c3ccccc3)ccc3c2sc2ccccc23)cc1. The second kappa shape index (κ2) is 12.2. The van der Waals surface area contributed by atoms with Crippen molar-refractivity contribution in [3.8, 4) is 33.4 Å². The van der Waals surface area contributed by atoms with E-state index in [4.69, 9.17) is 4.42 Å². The Balaban J connectivity index is 1.22. The molecular weight excluding hydrogens is 639 g/mol. The molecule has 0 spiro atoms. The summed E-state index contributed by atoms with van der Waals surface area (Å²) in [7, 11) is 0. The zero-order valence-electron chi connectivity index (χ0n) is 27.7. The van der Waals surface area contributed by atoms with Gasteiger partial charge in [0.25, 0.3) is 0 Å². The molecule has 0 aliphatic rings. The van der Waals surface area contributed by atoms with Gasteiger partial charge in [0.15, 0.2) is 0 Å². The minimum Gasteiger partial charge on any atom is -0.456 e. The fraction of sp³-hybridized carbons (Fsp3) is 0. The quantitative estimate of drug-likeness (QED) is 0.175. The Kier molecular flexibility index (Phi) is 7.04. The molecule has 3 heteroatoms. The van der Waals surface area contributed by atoms with Crippen molar-refractivity contribution in [1.82, 2.24) is 0 Å². The Morgan fingerprint density at radius 3 is 1.82 bits per heavy atom. The van der Waals surface area contributed by atoms with E-state index in [1.54, 1.807) is 0 Å². The molecule has 0 unspecified atom stereocenters. The van der Waals surface area contributed by atoms with Gasteiger partial charge in [-0.1, -0.05) is 146 Å². The number of thiophene rings is 1. The van der Waals surface area contributed by atoms with Crippen molar-refractivity contribution < 1.29 is 4.42 Å². The minimum absolute atomic E-state index is 0.908. The van der Waals surface area contributed by atoms with Gasteiger partial charge < -0.3 is 9.32 Å². The van der Waals surface area contributed by atoms with Crippen LogP contribution in [0.3, 0.4) is 0 Å². The number of rotatable bonds is 6. The number of benzene rings is 8. The highest BCUT2D eigenvalue weighted by Crippen LogP contribution is 2.51. The van der Waals surface area contributed by atoms with Crippen LogP contribution in [0, 0.1) is 0 Å². The van der Waals surface area contributed by atoms with E-state index in [2.05, 4.69) is 181 Å². The van der Waals surface area contributed by atoms with E-state index in [1.165, 1.54) is 48.1 Å². The highest BCUT2D eigenvalue weighted by molar-refractivity contribution is 7.26. The predicted octanol–water partition coefficient (Wildman–Crippen LogP) is 14.4. The summed E-state index contributed by atoms with van der Waals surface area (Å²) >= 11 is 1.87. The van der Waals surface area contributed by atoms with Crippen molar-refractivity contribution in [2.75, 3.05) is 4.90 Å². The highest BCUT2D eigenvalue weighted by atomic mass is 32.1. The van der Waals surface area contributed by atoms with E-state index < -0.39 is 0 Å². The van der Waals surface area contributed by atoms with Crippen molar-refractivity contribution in [1.29, 1.82) is 0 Å². The molecule has 0 amide bonds. The molecule has 0 saturated heterocycles. The number of para-hydroxylation sites is 2. The Morgan fingerprint density at radius 2 is 1.02 bits per heavy atom. The summed E-state index contributed by atoms with van der Waals surface area (Å²) in [5, 5.41) is 4.82. The lowest BCUT2D eigenvalue weighted by molar-refractivity contribution is 0.669. The van der Waals surface area contributed by atoms with Crippen LogP contribution in [0.5, 0.6) is 0 Å². The van der Waals surface area contributed by atoms with Crippen molar-refractivity contribution in [3.05, 3.63) is 188 Å². The number of nitrogens with zero attached hydrogens (tertiary/aromatic N) is 1. The van der Waals surface area contributed by atoms with Gasteiger partial charge in [0.05, 0.1) is 16.1 Å². The fourth-order valence-corrected chi connectivity index (χ4v) is 8.72. The summed E-state index contributed by atoms with van der Waals surface area (Å²) in [6.45, 7) is 0. The maximum Gasteiger partial charge on any atom is 0.135 e. The van der Waals surface area contributed by atoms with Crippen LogP contribution in [0.25, 0.3) is 75.5 Å². The maximum atomic E-state index is 6.14. The molecule has 10 rings (SSSR count). The van der Waals surface area contributed by atoms with Gasteiger partial charge in [0, 0.05) is 43.1 Å². The zero-order chi connectivity index (χ0) is 33.7. The van der Waals surface area contributed by atoms with E-state index >= 15 is 0 Å². The Morgan fingerprint density at radius 1 is 0.392 bits per heavy atom. The van der Waals surface area contributed by atoms with Gasteiger partial charge in [0.2, 0.25) is 0 Å². The summed E-state index contributed by atoms with van der Waals surface area (Å²) in [5.74, 6) is 0. The van der Waals surface area contributed by atoms with Crippen LogP contribution in [0.1, 0.15) is 0 Å². The van der Waals surface area contributed by atoms with Gasteiger partial charge in [-0.05, 0) is 64.7 Å². The molecule has 0 bridgehead atoms. The van der Waals surface area contributed by atoms with Crippen molar-refractivity contribution in [2.45, 2.75) is 0 Å². The number of hydrogen-bond donors (Lipinski definition) is 0. The molecule has 0 aliphatic heterocycles. The standard InChI is InChI=1S/C48H31NOS/c1-3-13-33(14-4-1)37-17-7-10-20-43(37)49(36-26-23-32(24-27-36)35-25-30-45-42(31-35)39-18-8-11-21-44(39)50-45)47-38(34-15-5-2-6-16-34)28-29-41-40-19-9-12-22-46(40)51-48(41)47/h1-31H. The van der Waals surface area contributed by atoms with Gasteiger partial charge in [-0.25, -0.2) is 0 Å². The molecule has 0 saturated carbocycles. The van der Waals surface area contributed by atoms with Crippen LogP contribution in [0.15, 0.2) is 192 Å². The normalized spacial score (nSPS) is 11.5. The smallest absolute Gasteiger partial charge is 0.135 e. The third kappa shape index (κ3) is 5.01. The molecule has 0 aliphatic carbocycles. The summed E-state index contributed by atoms with van der Waals surface area (Å²) in [6.07, 6.45) is 0. The molecule has 0 radical (unpaired) electrons. The first kappa shape index (κ1) is 29.5. The molecule has 2 nitrogen and oxygen atoms in total. The fourth-order valence-electron chi connectivity index (χ4n) is 7.48. The number of hydrogen-bond acceptors (Lipinski definition) is 3. The summed E-state index contributed by atoms with van der Waals surface area (Å²) in [5.41, 5.74) is 12.3. The molecule has 10 aromatic rings. The predicted molar refractivity (Wildman–Crippen MR) is 218 cm³/mol. The van der Waals surface area contributed by atoms with Gasteiger partial charge in [-0.15, -0.1) is 11.3 Å². The molecule has 0 N–H and O–H groups in total. The Bertz CT molecular complexity index is 2850. The van der Waals surface area contributed by atoms with E-state index in [0.29, 0.717) is 0 Å². The van der Waals surface area contributed by atoms with Gasteiger partial charge in [0.1, 0.15) is 11.2 Å². The van der Waals surface area contributed by atoms with Crippen LogP contribution in [0.4, 0.5) is 17.1 Å². The second-order valence-electron chi connectivity index (χ2n) is 12.9. The highest BCUT2D eigenvalue weighted by Gasteiger charge is 2.24. The van der Waals surface area contributed by atoms with E-state index in [1.807, 2.05) is 23.5 Å². The lowest BCUT2D eigenvalue weighted by atomic mass is 9.97.